The fourth-order valence-corrected chi connectivity index (χ4v) is 2.81. The molecule has 0 saturated carbocycles. The van der Waals surface area contributed by atoms with Gasteiger partial charge in [0.05, 0.1) is 5.92 Å². The van der Waals surface area contributed by atoms with E-state index in [4.69, 9.17) is 5.84 Å². The van der Waals surface area contributed by atoms with E-state index in [1.807, 2.05) is 6.92 Å². The molecule has 1 amide bonds. The molecule has 100 valence electrons. The summed E-state index contributed by atoms with van der Waals surface area (Å²) < 4.78 is 0. The lowest BCUT2D eigenvalue weighted by Gasteiger charge is -2.31. The second-order valence-electron chi connectivity index (χ2n) is 5.47. The molecule has 1 saturated heterocycles. The Labute approximate surface area is 105 Å². The molecule has 0 aromatic heterocycles. The van der Waals surface area contributed by atoms with E-state index in [-0.39, 0.29) is 17.9 Å². The monoisotopic (exact) mass is 241 g/mol. The van der Waals surface area contributed by atoms with Gasteiger partial charge in [-0.15, -0.1) is 0 Å². The number of nitrogens with zero attached hydrogens (tertiary/aromatic N) is 1. The Balaban J connectivity index is 2.61. The van der Waals surface area contributed by atoms with Gasteiger partial charge in [0.2, 0.25) is 5.91 Å². The number of carbonyl (C=O) groups excluding carboxylic acids is 1. The Hall–Kier alpha value is -0.610. The van der Waals surface area contributed by atoms with E-state index < -0.39 is 0 Å². The third-order valence-electron chi connectivity index (χ3n) is 4.82. The minimum Gasteiger partial charge on any atom is -0.299 e. The molecule has 3 N–H and O–H groups in total. The Morgan fingerprint density at radius 2 is 2.00 bits per heavy atom. The third kappa shape index (κ3) is 2.99. The summed E-state index contributed by atoms with van der Waals surface area (Å²) in [5.41, 5.74) is 2.72. The van der Waals surface area contributed by atoms with Gasteiger partial charge in [-0.3, -0.25) is 15.1 Å². The van der Waals surface area contributed by atoms with Crippen molar-refractivity contribution >= 4 is 5.91 Å². The van der Waals surface area contributed by atoms with Crippen molar-refractivity contribution in [2.75, 3.05) is 13.1 Å². The Bertz CT molecular complexity index is 263. The maximum Gasteiger partial charge on any atom is 0.238 e. The van der Waals surface area contributed by atoms with Gasteiger partial charge < -0.3 is 0 Å². The van der Waals surface area contributed by atoms with Gasteiger partial charge in [0.15, 0.2) is 0 Å². The second-order valence-corrected chi connectivity index (χ2v) is 5.47. The highest BCUT2D eigenvalue weighted by Crippen LogP contribution is 2.38. The van der Waals surface area contributed by atoms with E-state index in [0.717, 1.165) is 13.1 Å². The lowest BCUT2D eigenvalue weighted by Crippen LogP contribution is -2.45. The van der Waals surface area contributed by atoms with E-state index in [0.29, 0.717) is 5.41 Å². The van der Waals surface area contributed by atoms with Gasteiger partial charge in [-0.2, -0.15) is 0 Å². The summed E-state index contributed by atoms with van der Waals surface area (Å²) in [6.45, 7) is 10.8. The SMILES string of the molecule is CCC1(CC)CCN(C(C)C(C)C(=O)NN)C1. The summed E-state index contributed by atoms with van der Waals surface area (Å²) in [5.74, 6) is 5.08. The van der Waals surface area contributed by atoms with Crippen molar-refractivity contribution in [2.24, 2.45) is 17.2 Å². The highest BCUT2D eigenvalue weighted by atomic mass is 16.2. The Morgan fingerprint density at radius 3 is 2.41 bits per heavy atom. The maximum atomic E-state index is 11.5. The van der Waals surface area contributed by atoms with E-state index in [9.17, 15) is 4.79 Å². The zero-order chi connectivity index (χ0) is 13.1. The van der Waals surface area contributed by atoms with Crippen LogP contribution in [0.1, 0.15) is 47.0 Å². The first-order valence-electron chi connectivity index (χ1n) is 6.74. The number of hydrazine groups is 1. The second kappa shape index (κ2) is 5.83. The van der Waals surface area contributed by atoms with Crippen molar-refractivity contribution in [3.8, 4) is 0 Å². The first kappa shape index (κ1) is 14.5. The number of nitrogens with one attached hydrogen (secondary N) is 1. The van der Waals surface area contributed by atoms with Crippen LogP contribution in [0.15, 0.2) is 0 Å². The van der Waals surface area contributed by atoms with E-state index in [1.165, 1.54) is 19.3 Å². The molecule has 0 radical (unpaired) electrons. The minimum absolute atomic E-state index is 0.0514. The van der Waals surface area contributed by atoms with Crippen LogP contribution in [-0.4, -0.2) is 29.9 Å². The van der Waals surface area contributed by atoms with Gasteiger partial charge in [-0.05, 0) is 38.1 Å². The van der Waals surface area contributed by atoms with Crippen molar-refractivity contribution in [1.82, 2.24) is 10.3 Å². The van der Waals surface area contributed by atoms with E-state index >= 15 is 0 Å². The van der Waals surface area contributed by atoms with Crippen LogP contribution in [0.5, 0.6) is 0 Å². The van der Waals surface area contributed by atoms with Gasteiger partial charge in [0, 0.05) is 12.6 Å². The minimum atomic E-state index is -0.0667. The fraction of sp³-hybridized carbons (Fsp3) is 0.923. The van der Waals surface area contributed by atoms with Gasteiger partial charge in [0.1, 0.15) is 0 Å². The standard InChI is InChI=1S/C13H27N3O/c1-5-13(6-2)7-8-16(9-13)11(4)10(3)12(17)15-14/h10-11H,5-9,14H2,1-4H3,(H,15,17). The Morgan fingerprint density at radius 1 is 1.41 bits per heavy atom. The molecule has 17 heavy (non-hydrogen) atoms. The number of likely N-dealkylation sites (tertiary alicyclic amines) is 1. The largest absolute Gasteiger partial charge is 0.299 e. The smallest absolute Gasteiger partial charge is 0.238 e. The molecular formula is C13H27N3O. The van der Waals surface area contributed by atoms with E-state index in [1.54, 1.807) is 0 Å². The zero-order valence-electron chi connectivity index (χ0n) is 11.6. The molecule has 0 bridgehead atoms. The van der Waals surface area contributed by atoms with Crippen molar-refractivity contribution in [2.45, 2.75) is 53.0 Å². The van der Waals surface area contributed by atoms with Crippen LogP contribution in [0.4, 0.5) is 0 Å². The van der Waals surface area contributed by atoms with Crippen molar-refractivity contribution in [1.29, 1.82) is 0 Å². The van der Waals surface area contributed by atoms with Gasteiger partial charge in [-0.25, -0.2) is 5.84 Å². The Kier molecular flexibility index (Phi) is 4.95. The molecule has 1 rings (SSSR count). The highest BCUT2D eigenvalue weighted by Gasteiger charge is 2.38. The molecule has 0 aromatic rings. The van der Waals surface area contributed by atoms with Crippen molar-refractivity contribution in [3.05, 3.63) is 0 Å². The normalized spacial score (nSPS) is 23.4. The summed E-state index contributed by atoms with van der Waals surface area (Å²) in [4.78, 5) is 14.0. The summed E-state index contributed by atoms with van der Waals surface area (Å²) in [6, 6.07) is 0.263. The lowest BCUT2D eigenvalue weighted by molar-refractivity contribution is -0.126. The quantitative estimate of drug-likeness (QED) is 0.436. The molecule has 4 heteroatoms. The fourth-order valence-electron chi connectivity index (χ4n) is 2.81. The van der Waals surface area contributed by atoms with Gasteiger partial charge in [-0.1, -0.05) is 20.8 Å². The highest BCUT2D eigenvalue weighted by molar-refractivity contribution is 5.78. The number of nitrogens with two attached hydrogens (primary N) is 1. The zero-order valence-corrected chi connectivity index (χ0v) is 11.6. The van der Waals surface area contributed by atoms with Crippen LogP contribution in [0, 0.1) is 11.3 Å². The molecule has 1 aliphatic rings. The molecule has 0 aliphatic carbocycles. The molecule has 0 spiro atoms. The molecule has 2 unspecified atom stereocenters. The predicted octanol–water partition coefficient (Wildman–Crippen LogP) is 1.51. The molecule has 1 aliphatic heterocycles. The van der Waals surface area contributed by atoms with Gasteiger partial charge in [0.25, 0.3) is 0 Å². The lowest BCUT2D eigenvalue weighted by atomic mass is 9.82. The number of hydrogen-bond acceptors (Lipinski definition) is 3. The van der Waals surface area contributed by atoms with Crippen LogP contribution in [-0.2, 0) is 4.79 Å². The number of amides is 1. The van der Waals surface area contributed by atoms with Gasteiger partial charge >= 0.3 is 0 Å². The summed E-state index contributed by atoms with van der Waals surface area (Å²) >= 11 is 0. The van der Waals surface area contributed by atoms with Crippen LogP contribution in [0.25, 0.3) is 0 Å². The average Bonchev–Trinajstić information content (AvgIpc) is 2.81. The third-order valence-corrected chi connectivity index (χ3v) is 4.82. The maximum absolute atomic E-state index is 11.5. The molecular weight excluding hydrogens is 214 g/mol. The first-order valence-corrected chi connectivity index (χ1v) is 6.74. The molecule has 4 nitrogen and oxygen atoms in total. The first-order chi connectivity index (χ1) is 7.99. The summed E-state index contributed by atoms with van der Waals surface area (Å²) in [6.07, 6.45) is 3.70. The average molecular weight is 241 g/mol. The van der Waals surface area contributed by atoms with E-state index in [2.05, 4.69) is 31.1 Å². The predicted molar refractivity (Wildman–Crippen MR) is 70.2 cm³/mol. The topological polar surface area (TPSA) is 58.4 Å². The summed E-state index contributed by atoms with van der Waals surface area (Å²) in [7, 11) is 0. The number of rotatable bonds is 5. The van der Waals surface area contributed by atoms with Crippen LogP contribution >= 0.6 is 0 Å². The number of hydrogen-bond donors (Lipinski definition) is 2. The van der Waals surface area contributed by atoms with Crippen LogP contribution < -0.4 is 11.3 Å². The van der Waals surface area contributed by atoms with Crippen molar-refractivity contribution in [3.63, 3.8) is 0 Å². The molecule has 2 atom stereocenters. The van der Waals surface area contributed by atoms with Crippen LogP contribution in [0.3, 0.4) is 0 Å². The molecule has 1 fully saturated rings. The van der Waals surface area contributed by atoms with Crippen molar-refractivity contribution < 1.29 is 4.79 Å². The summed E-state index contributed by atoms with van der Waals surface area (Å²) in [5, 5.41) is 0. The molecule has 0 aromatic carbocycles. The number of carbonyl (C=O) groups is 1. The van der Waals surface area contributed by atoms with Crippen LogP contribution in [0.2, 0.25) is 0 Å². The molecule has 1 heterocycles.